The average Bonchev–Trinajstić information content (AvgIpc) is 2.98. The summed E-state index contributed by atoms with van der Waals surface area (Å²) in [6.45, 7) is 6.99. The van der Waals surface area contributed by atoms with Gasteiger partial charge in [-0.15, -0.1) is 0 Å². The molecule has 0 atom stereocenters. The van der Waals surface area contributed by atoms with Gasteiger partial charge in [0, 0.05) is 16.6 Å². The summed E-state index contributed by atoms with van der Waals surface area (Å²) in [5.41, 5.74) is 3.14. The van der Waals surface area contributed by atoms with Gasteiger partial charge in [0.2, 0.25) is 0 Å². The molecule has 0 radical (unpaired) electrons. The van der Waals surface area contributed by atoms with E-state index < -0.39 is 5.97 Å². The third kappa shape index (κ3) is 6.21. The van der Waals surface area contributed by atoms with Crippen LogP contribution < -0.4 is 4.74 Å². The summed E-state index contributed by atoms with van der Waals surface area (Å²) in [7, 11) is 0. The van der Waals surface area contributed by atoms with Crippen LogP contribution >= 0.6 is 39.9 Å². The van der Waals surface area contributed by atoms with Crippen LogP contribution in [-0.4, -0.2) is 32.7 Å². The van der Waals surface area contributed by atoms with E-state index in [2.05, 4.69) is 61.0 Å². The number of carbonyl (C=O) groups excluding carboxylic acids is 1. The Morgan fingerprint density at radius 2 is 1.91 bits per heavy atom. The average molecular weight is 534 g/mol. The fourth-order valence-corrected chi connectivity index (χ4v) is 4.75. The predicted octanol–water partition coefficient (Wildman–Crippen LogP) is 6.00. The highest BCUT2D eigenvalue weighted by atomic mass is 79.9. The molecule has 1 fully saturated rings. The zero-order valence-corrected chi connectivity index (χ0v) is 21.3. The van der Waals surface area contributed by atoms with Gasteiger partial charge in [0.1, 0.15) is 16.7 Å². The molecular weight excluding hydrogens is 510 g/mol. The first kappa shape index (κ1) is 24.5. The lowest BCUT2D eigenvalue weighted by Gasteiger charge is -2.19. The van der Waals surface area contributed by atoms with Gasteiger partial charge in [0.15, 0.2) is 0 Å². The Morgan fingerprint density at radius 3 is 2.53 bits per heavy atom. The highest BCUT2D eigenvalue weighted by molar-refractivity contribution is 9.10. The summed E-state index contributed by atoms with van der Waals surface area (Å²) < 4.78 is 7.29. The first-order chi connectivity index (χ1) is 15.0. The van der Waals surface area contributed by atoms with Crippen molar-refractivity contribution in [3.63, 3.8) is 0 Å². The molecule has 0 bridgehead atoms. The van der Waals surface area contributed by atoms with Crippen LogP contribution in [0.4, 0.5) is 0 Å². The summed E-state index contributed by atoms with van der Waals surface area (Å²) in [6.07, 6.45) is 1.59. The number of carboxylic acids is 1. The van der Waals surface area contributed by atoms with E-state index in [1.54, 1.807) is 6.08 Å². The molecule has 1 saturated heterocycles. The van der Waals surface area contributed by atoms with Crippen LogP contribution in [0, 0.1) is 0 Å². The van der Waals surface area contributed by atoms with Gasteiger partial charge in [-0.05, 0) is 40.8 Å². The predicted molar refractivity (Wildman–Crippen MR) is 136 cm³/mol. The lowest BCUT2D eigenvalue weighted by molar-refractivity contribution is -0.137. The Balaban J connectivity index is 1.77. The van der Waals surface area contributed by atoms with Crippen LogP contribution in [0.25, 0.3) is 6.08 Å². The first-order valence-electron chi connectivity index (χ1n) is 10.0. The van der Waals surface area contributed by atoms with E-state index in [0.29, 0.717) is 21.6 Å². The van der Waals surface area contributed by atoms with Gasteiger partial charge >= 0.3 is 5.97 Å². The number of nitrogens with zero attached hydrogens (tertiary/aromatic N) is 1. The molecule has 0 aromatic heterocycles. The minimum Gasteiger partial charge on any atom is -0.488 e. The fraction of sp³-hybridized carbons (Fsp3) is 0.292. The maximum absolute atomic E-state index is 12.7. The standard InChI is InChI=1S/C24H24BrNO4S2/c1-24(2,3)17-6-4-15(5-7-17)14-30-19-9-8-18(25)12-16(19)13-20-22(29)26(23(31)32-20)11-10-21(27)28/h4-9,12-13H,10-11,14H2,1-3H3,(H,27,28)/b20-13+. The SMILES string of the molecule is CC(C)(C)c1ccc(COc2ccc(Br)cc2/C=C2/SC(=S)N(CCC(=O)O)C2=O)cc1. The number of rotatable bonds is 7. The quantitative estimate of drug-likeness (QED) is 0.347. The van der Waals surface area contributed by atoms with E-state index in [1.807, 2.05) is 18.2 Å². The van der Waals surface area contributed by atoms with E-state index in [-0.39, 0.29) is 24.3 Å². The van der Waals surface area contributed by atoms with E-state index >= 15 is 0 Å². The molecule has 1 amide bonds. The molecule has 0 saturated carbocycles. The monoisotopic (exact) mass is 533 g/mol. The Hall–Kier alpha value is -2.16. The maximum Gasteiger partial charge on any atom is 0.305 e. The van der Waals surface area contributed by atoms with Crippen molar-refractivity contribution in [1.82, 2.24) is 4.90 Å². The van der Waals surface area contributed by atoms with Gasteiger partial charge in [-0.3, -0.25) is 14.5 Å². The number of thioether (sulfide) groups is 1. The minimum atomic E-state index is -0.971. The molecular formula is C24H24BrNO4S2. The van der Waals surface area contributed by atoms with E-state index in [0.717, 1.165) is 15.6 Å². The van der Waals surface area contributed by atoms with Gasteiger partial charge in [0.25, 0.3) is 5.91 Å². The molecule has 1 heterocycles. The second-order valence-electron chi connectivity index (χ2n) is 8.39. The lowest BCUT2D eigenvalue weighted by Crippen LogP contribution is -2.30. The summed E-state index contributed by atoms with van der Waals surface area (Å²) in [6, 6.07) is 14.0. The second kappa shape index (κ2) is 10.2. The third-order valence-electron chi connectivity index (χ3n) is 4.90. The fourth-order valence-electron chi connectivity index (χ4n) is 3.07. The van der Waals surface area contributed by atoms with Crippen molar-refractivity contribution >= 4 is 62.2 Å². The van der Waals surface area contributed by atoms with Crippen molar-refractivity contribution in [2.75, 3.05) is 6.54 Å². The Kier molecular flexibility index (Phi) is 7.79. The van der Waals surface area contributed by atoms with Crippen LogP contribution in [0.15, 0.2) is 51.8 Å². The van der Waals surface area contributed by atoms with Crippen molar-refractivity contribution in [3.8, 4) is 5.75 Å². The molecule has 8 heteroatoms. The Morgan fingerprint density at radius 1 is 1.22 bits per heavy atom. The van der Waals surface area contributed by atoms with Crippen molar-refractivity contribution < 1.29 is 19.4 Å². The second-order valence-corrected chi connectivity index (χ2v) is 11.0. The number of hydrogen-bond donors (Lipinski definition) is 1. The number of hydrogen-bond acceptors (Lipinski definition) is 5. The molecule has 0 spiro atoms. The molecule has 1 aliphatic rings. The number of carboxylic acid groups (broad SMARTS) is 1. The molecule has 2 aromatic rings. The van der Waals surface area contributed by atoms with Crippen LogP contribution in [0.3, 0.4) is 0 Å². The third-order valence-corrected chi connectivity index (χ3v) is 6.77. The minimum absolute atomic E-state index is 0.0593. The number of halogens is 1. The molecule has 1 N–H and O–H groups in total. The van der Waals surface area contributed by atoms with Gasteiger partial charge < -0.3 is 9.84 Å². The van der Waals surface area contributed by atoms with Crippen LogP contribution in [-0.2, 0) is 21.6 Å². The van der Waals surface area contributed by atoms with Crippen LogP contribution in [0.2, 0.25) is 0 Å². The molecule has 168 valence electrons. The number of ether oxygens (including phenoxy) is 1. The largest absolute Gasteiger partial charge is 0.488 e. The van der Waals surface area contributed by atoms with E-state index in [4.69, 9.17) is 22.1 Å². The number of aliphatic carboxylic acids is 1. The summed E-state index contributed by atoms with van der Waals surface area (Å²) in [4.78, 5) is 25.4. The maximum atomic E-state index is 12.7. The Bertz CT molecular complexity index is 1070. The molecule has 0 unspecified atom stereocenters. The van der Waals surface area contributed by atoms with Gasteiger partial charge in [0.05, 0.1) is 11.3 Å². The zero-order chi connectivity index (χ0) is 23.5. The smallest absolute Gasteiger partial charge is 0.305 e. The van der Waals surface area contributed by atoms with Crippen molar-refractivity contribution in [1.29, 1.82) is 0 Å². The molecule has 32 heavy (non-hydrogen) atoms. The zero-order valence-electron chi connectivity index (χ0n) is 18.1. The van der Waals surface area contributed by atoms with Crippen LogP contribution in [0.1, 0.15) is 43.9 Å². The number of thiocarbonyl (C=S) groups is 1. The normalized spacial score (nSPS) is 15.5. The number of amides is 1. The van der Waals surface area contributed by atoms with Gasteiger partial charge in [-0.25, -0.2) is 0 Å². The number of benzene rings is 2. The lowest BCUT2D eigenvalue weighted by atomic mass is 9.87. The highest BCUT2D eigenvalue weighted by Gasteiger charge is 2.32. The molecule has 1 aliphatic heterocycles. The topological polar surface area (TPSA) is 66.8 Å². The van der Waals surface area contributed by atoms with E-state index in [1.165, 1.54) is 22.2 Å². The number of carbonyl (C=O) groups is 2. The first-order valence-corrected chi connectivity index (χ1v) is 12.1. The Labute approximate surface area is 206 Å². The van der Waals surface area contributed by atoms with Gasteiger partial charge in [-0.1, -0.05) is 84.9 Å². The summed E-state index contributed by atoms with van der Waals surface area (Å²) in [5.74, 6) is -0.616. The molecule has 3 rings (SSSR count). The van der Waals surface area contributed by atoms with Crippen molar-refractivity contribution in [2.45, 2.75) is 39.2 Å². The van der Waals surface area contributed by atoms with Crippen molar-refractivity contribution in [2.24, 2.45) is 0 Å². The van der Waals surface area contributed by atoms with Crippen molar-refractivity contribution in [3.05, 3.63) is 68.5 Å². The van der Waals surface area contributed by atoms with Gasteiger partial charge in [-0.2, -0.15) is 0 Å². The summed E-state index contributed by atoms with van der Waals surface area (Å²) >= 11 is 9.90. The molecule has 5 nitrogen and oxygen atoms in total. The highest BCUT2D eigenvalue weighted by Crippen LogP contribution is 2.35. The van der Waals surface area contributed by atoms with Crippen LogP contribution in [0.5, 0.6) is 5.75 Å². The summed E-state index contributed by atoms with van der Waals surface area (Å²) in [5, 5.41) is 8.90. The molecule has 2 aromatic carbocycles. The molecule has 0 aliphatic carbocycles. The van der Waals surface area contributed by atoms with E-state index in [9.17, 15) is 9.59 Å².